The molecule has 330 valence electrons. The maximum Gasteiger partial charge on any atom is 0.333 e. The molecule has 0 atom stereocenters. The van der Waals surface area contributed by atoms with Crippen molar-refractivity contribution in [3.63, 3.8) is 0 Å². The Balaban J connectivity index is 1.20. The number of benzene rings is 8. The van der Waals surface area contributed by atoms with E-state index in [0.29, 0.717) is 0 Å². The van der Waals surface area contributed by atoms with Crippen molar-refractivity contribution in [1.82, 2.24) is 9.55 Å². The van der Waals surface area contributed by atoms with E-state index in [1.807, 2.05) is 0 Å². The topological polar surface area (TPSA) is 47.3 Å². The SMILES string of the molecule is CC(C)(C)c1ccc(N2B3c4cc5nc(-c6ccccc6)sc5cc4-n4c5ccc(C(C)(C)C)cc5c5c6c(oc7ccccc76)c(c3c54)-c3cc4oc5ccc(C(C)(C)C)cc5c4cc32)cc1. The van der Waals surface area contributed by atoms with Crippen LogP contribution in [0.15, 0.2) is 148 Å². The standard InChI is InChI=1S/C61H50BN3O2S/c1-59(2,3)34-19-23-37(24-20-34)65-46-29-40-39-27-36(61(7,8)9)22-26-49(39)66-50(40)30-42(46)54-55-56-52(53-38-17-13-14-18-48(38)67-57(53)54)41-28-35(60(4,5)6)21-25-45(41)64(56)47-32-51-44(31-43(47)62(55)65)63-58(68-51)33-15-11-10-12-16-33/h10-32H,1-9H3. The number of nitrogens with zero attached hydrogens (tertiary/aromatic N) is 3. The molecule has 5 nitrogen and oxygen atoms in total. The molecule has 7 heteroatoms. The zero-order valence-electron chi connectivity index (χ0n) is 39.9. The number of fused-ring (bicyclic) bond motifs is 17. The average Bonchev–Trinajstić information content (AvgIpc) is 4.09. The Kier molecular flexibility index (Phi) is 7.84. The van der Waals surface area contributed by atoms with Crippen LogP contribution in [0.2, 0.25) is 0 Å². The summed E-state index contributed by atoms with van der Waals surface area (Å²) in [6.45, 7) is 20.4. The molecule has 0 unspecified atom stereocenters. The largest absolute Gasteiger partial charge is 0.456 e. The molecule has 2 aliphatic rings. The summed E-state index contributed by atoms with van der Waals surface area (Å²) in [6.07, 6.45) is 0. The summed E-state index contributed by atoms with van der Waals surface area (Å²) in [5.41, 5.74) is 20.0. The Morgan fingerprint density at radius 2 is 1.21 bits per heavy atom. The Labute approximate surface area is 399 Å². The molecule has 4 aromatic heterocycles. The summed E-state index contributed by atoms with van der Waals surface area (Å²) in [5.74, 6) is 0. The Hall–Kier alpha value is -7.09. The van der Waals surface area contributed by atoms with Crippen molar-refractivity contribution >= 4 is 116 Å². The summed E-state index contributed by atoms with van der Waals surface area (Å²) >= 11 is 1.77. The highest BCUT2D eigenvalue weighted by molar-refractivity contribution is 7.21. The van der Waals surface area contributed by atoms with Gasteiger partial charge in [-0.25, -0.2) is 4.98 Å². The lowest BCUT2D eigenvalue weighted by Crippen LogP contribution is -2.60. The highest BCUT2D eigenvalue weighted by atomic mass is 32.1. The van der Waals surface area contributed by atoms with Crippen LogP contribution in [-0.2, 0) is 16.2 Å². The Morgan fingerprint density at radius 1 is 0.544 bits per heavy atom. The Morgan fingerprint density at radius 3 is 1.96 bits per heavy atom. The fourth-order valence-corrected chi connectivity index (χ4v) is 12.5. The summed E-state index contributed by atoms with van der Waals surface area (Å²) in [5, 5.41) is 8.01. The number of anilines is 2. The molecule has 0 radical (unpaired) electrons. The predicted molar refractivity (Wildman–Crippen MR) is 289 cm³/mol. The minimum Gasteiger partial charge on any atom is -0.456 e. The zero-order chi connectivity index (χ0) is 46.3. The molecule has 0 amide bonds. The molecule has 0 N–H and O–H groups in total. The molecule has 0 spiro atoms. The van der Waals surface area contributed by atoms with Crippen LogP contribution in [0.3, 0.4) is 0 Å². The number of aromatic nitrogens is 2. The van der Waals surface area contributed by atoms with Gasteiger partial charge in [-0.3, -0.25) is 0 Å². The summed E-state index contributed by atoms with van der Waals surface area (Å²) in [7, 11) is 0. The van der Waals surface area contributed by atoms with Crippen LogP contribution in [-0.4, -0.2) is 16.4 Å². The highest BCUT2D eigenvalue weighted by Crippen LogP contribution is 2.53. The molecular weight excluding hydrogens is 850 g/mol. The maximum absolute atomic E-state index is 7.30. The van der Waals surface area contributed by atoms with Crippen LogP contribution in [0.4, 0.5) is 11.4 Å². The van der Waals surface area contributed by atoms with Crippen molar-refractivity contribution in [3.05, 3.63) is 156 Å². The van der Waals surface area contributed by atoms with Gasteiger partial charge in [0, 0.05) is 66.1 Å². The fourth-order valence-electron chi connectivity index (χ4n) is 11.5. The number of hydrogen-bond donors (Lipinski definition) is 0. The van der Waals surface area contributed by atoms with Gasteiger partial charge in [0.15, 0.2) is 0 Å². The van der Waals surface area contributed by atoms with E-state index < -0.39 is 0 Å². The highest BCUT2D eigenvalue weighted by Gasteiger charge is 2.47. The summed E-state index contributed by atoms with van der Waals surface area (Å²) in [6, 6.07) is 52.0. The molecule has 0 fully saturated rings. The van der Waals surface area contributed by atoms with Crippen molar-refractivity contribution in [2.24, 2.45) is 0 Å². The molecule has 0 saturated heterocycles. The fraction of sp³-hybridized carbons (Fsp3) is 0.197. The minimum atomic E-state index is -0.237. The number of thiazole rings is 1. The third kappa shape index (κ3) is 5.48. The first kappa shape index (κ1) is 40.0. The number of para-hydroxylation sites is 1. The van der Waals surface area contributed by atoms with E-state index in [2.05, 4.69) is 211 Å². The van der Waals surface area contributed by atoms with Gasteiger partial charge in [-0.1, -0.05) is 135 Å². The lowest BCUT2D eigenvalue weighted by atomic mass is 9.43. The van der Waals surface area contributed by atoms with E-state index >= 15 is 0 Å². The first-order valence-corrected chi connectivity index (χ1v) is 24.8. The smallest absolute Gasteiger partial charge is 0.333 e. The monoisotopic (exact) mass is 899 g/mol. The van der Waals surface area contributed by atoms with Gasteiger partial charge in [0.2, 0.25) is 0 Å². The minimum absolute atomic E-state index is 0.00635. The van der Waals surface area contributed by atoms with Gasteiger partial charge in [-0.05, 0) is 111 Å². The van der Waals surface area contributed by atoms with Gasteiger partial charge >= 0.3 is 6.85 Å². The van der Waals surface area contributed by atoms with Crippen LogP contribution in [0, 0.1) is 0 Å². The van der Waals surface area contributed by atoms with Gasteiger partial charge in [0.1, 0.15) is 27.3 Å². The van der Waals surface area contributed by atoms with Crippen LogP contribution in [0.25, 0.3) is 103 Å². The van der Waals surface area contributed by atoms with E-state index in [0.717, 1.165) is 82.5 Å². The second-order valence-electron chi connectivity index (χ2n) is 22.4. The molecule has 2 aliphatic heterocycles. The molecule has 12 aromatic rings. The van der Waals surface area contributed by atoms with E-state index in [-0.39, 0.29) is 23.1 Å². The van der Waals surface area contributed by atoms with Crippen molar-refractivity contribution < 1.29 is 8.83 Å². The van der Waals surface area contributed by atoms with Crippen LogP contribution in [0.5, 0.6) is 0 Å². The van der Waals surface area contributed by atoms with Crippen molar-refractivity contribution in [2.75, 3.05) is 4.81 Å². The van der Waals surface area contributed by atoms with Crippen molar-refractivity contribution in [2.45, 2.75) is 78.6 Å². The second-order valence-corrected chi connectivity index (χ2v) is 23.4. The lowest BCUT2D eigenvalue weighted by molar-refractivity contribution is 0.590. The zero-order valence-corrected chi connectivity index (χ0v) is 40.7. The number of furan rings is 2. The molecular formula is C61H50BN3O2S. The van der Waals surface area contributed by atoms with Gasteiger partial charge in [0.05, 0.1) is 21.3 Å². The molecule has 68 heavy (non-hydrogen) atoms. The lowest BCUT2D eigenvalue weighted by Gasteiger charge is -2.42. The Bertz CT molecular complexity index is 4150. The number of hydrogen-bond acceptors (Lipinski definition) is 5. The normalized spacial score (nSPS) is 13.9. The molecule has 14 rings (SSSR count). The first-order valence-electron chi connectivity index (χ1n) is 24.0. The first-order chi connectivity index (χ1) is 32.6. The van der Waals surface area contributed by atoms with Crippen LogP contribution < -0.4 is 15.7 Å². The predicted octanol–water partition coefficient (Wildman–Crippen LogP) is 16.0. The maximum atomic E-state index is 7.30. The third-order valence-electron chi connectivity index (χ3n) is 15.0. The van der Waals surface area contributed by atoms with Gasteiger partial charge < -0.3 is 18.2 Å². The average molecular weight is 900 g/mol. The van der Waals surface area contributed by atoms with Gasteiger partial charge in [-0.2, -0.15) is 0 Å². The van der Waals surface area contributed by atoms with Crippen molar-refractivity contribution in [3.8, 4) is 27.4 Å². The quantitative estimate of drug-likeness (QED) is 0.162. The van der Waals surface area contributed by atoms with Gasteiger partial charge in [-0.15, -0.1) is 11.3 Å². The molecule has 0 saturated carbocycles. The summed E-state index contributed by atoms with van der Waals surface area (Å²) in [4.78, 5) is 8.04. The van der Waals surface area contributed by atoms with E-state index in [4.69, 9.17) is 13.8 Å². The van der Waals surface area contributed by atoms with Gasteiger partial charge in [0.25, 0.3) is 0 Å². The molecule has 0 bridgehead atoms. The van der Waals surface area contributed by atoms with Crippen molar-refractivity contribution in [1.29, 1.82) is 0 Å². The second kappa shape index (κ2) is 13.3. The number of rotatable bonds is 2. The molecule has 8 aromatic carbocycles. The van der Waals surface area contributed by atoms with Crippen LogP contribution >= 0.6 is 11.3 Å². The van der Waals surface area contributed by atoms with E-state index in [1.165, 1.54) is 59.8 Å². The third-order valence-corrected chi connectivity index (χ3v) is 16.1. The van der Waals surface area contributed by atoms with E-state index in [1.54, 1.807) is 11.3 Å². The molecule has 6 heterocycles. The summed E-state index contributed by atoms with van der Waals surface area (Å²) < 4.78 is 18.0. The van der Waals surface area contributed by atoms with Crippen LogP contribution in [0.1, 0.15) is 79.0 Å². The van der Waals surface area contributed by atoms with E-state index in [9.17, 15) is 0 Å². The molecule has 0 aliphatic carbocycles.